The van der Waals surface area contributed by atoms with Crippen LogP contribution in [0.3, 0.4) is 0 Å². The minimum absolute atomic E-state index is 0.379. The van der Waals surface area contributed by atoms with E-state index in [0.717, 1.165) is 11.1 Å². The zero-order chi connectivity index (χ0) is 16.1. The summed E-state index contributed by atoms with van der Waals surface area (Å²) < 4.78 is 10.5. The molecule has 116 valence electrons. The molecule has 0 aromatic heterocycles. The van der Waals surface area contributed by atoms with Crippen LogP contribution in [0.5, 0.6) is 11.5 Å². The molecule has 0 saturated heterocycles. The average Bonchev–Trinajstić information content (AvgIpc) is 2.49. The molecule has 0 atom stereocenters. The first-order valence-electron chi connectivity index (χ1n) is 7.23. The van der Waals surface area contributed by atoms with Crippen molar-refractivity contribution >= 4 is 11.8 Å². The quantitative estimate of drug-likeness (QED) is 0.887. The van der Waals surface area contributed by atoms with Gasteiger partial charge in [0, 0.05) is 11.8 Å². The Morgan fingerprint density at radius 3 is 2.59 bits per heavy atom. The molecule has 0 aliphatic carbocycles. The van der Waals surface area contributed by atoms with Gasteiger partial charge in [0.1, 0.15) is 11.5 Å². The molecule has 2 rings (SSSR count). The summed E-state index contributed by atoms with van der Waals surface area (Å²) in [4.78, 5) is 12.0. The van der Waals surface area contributed by atoms with E-state index in [9.17, 15) is 4.79 Å². The first kappa shape index (κ1) is 15.9. The topological polar surface area (TPSA) is 47.6 Å². The van der Waals surface area contributed by atoms with E-state index in [2.05, 4.69) is 19.2 Å². The van der Waals surface area contributed by atoms with E-state index in [1.54, 1.807) is 25.3 Å². The molecule has 1 N–H and O–H groups in total. The molecule has 2 aromatic carbocycles. The molecule has 0 aliphatic heterocycles. The van der Waals surface area contributed by atoms with Gasteiger partial charge in [0.15, 0.2) is 0 Å². The third-order valence-electron chi connectivity index (χ3n) is 3.40. The van der Waals surface area contributed by atoms with Crippen molar-refractivity contribution in [2.75, 3.05) is 12.4 Å². The molecule has 0 radical (unpaired) electrons. The van der Waals surface area contributed by atoms with Gasteiger partial charge in [-0.15, -0.1) is 0 Å². The smallest absolute Gasteiger partial charge is 0.417 e. The molecule has 4 nitrogen and oxygen atoms in total. The second-order valence-corrected chi connectivity index (χ2v) is 5.43. The van der Waals surface area contributed by atoms with E-state index in [1.165, 1.54) is 0 Å². The van der Waals surface area contributed by atoms with Crippen molar-refractivity contribution in [3.05, 3.63) is 53.6 Å². The SMILES string of the molecule is COc1cccc(NC(=O)Oc2cc(C(C)C)ccc2C)c1. The van der Waals surface area contributed by atoms with Crippen molar-refractivity contribution in [2.45, 2.75) is 26.7 Å². The second-order valence-electron chi connectivity index (χ2n) is 5.43. The molecule has 0 bridgehead atoms. The summed E-state index contributed by atoms with van der Waals surface area (Å²) in [7, 11) is 1.58. The standard InChI is InChI=1S/C18H21NO3/c1-12(2)14-9-8-13(3)17(10-14)22-18(20)19-15-6-5-7-16(11-15)21-4/h5-12H,1-4H3,(H,19,20). The molecular formula is C18H21NO3. The number of carbonyl (C=O) groups is 1. The van der Waals surface area contributed by atoms with Crippen molar-refractivity contribution in [3.8, 4) is 11.5 Å². The van der Waals surface area contributed by atoms with Gasteiger partial charge < -0.3 is 9.47 Å². The summed E-state index contributed by atoms with van der Waals surface area (Å²) in [5.74, 6) is 1.63. The van der Waals surface area contributed by atoms with E-state index in [0.29, 0.717) is 23.1 Å². The molecule has 0 unspecified atom stereocenters. The van der Waals surface area contributed by atoms with Gasteiger partial charge in [-0.05, 0) is 42.2 Å². The largest absolute Gasteiger partial charge is 0.497 e. The Hall–Kier alpha value is -2.49. The van der Waals surface area contributed by atoms with Gasteiger partial charge in [-0.1, -0.05) is 32.0 Å². The van der Waals surface area contributed by atoms with Crippen LogP contribution in [0.2, 0.25) is 0 Å². The maximum atomic E-state index is 12.0. The number of anilines is 1. The lowest BCUT2D eigenvalue weighted by Gasteiger charge is -2.12. The van der Waals surface area contributed by atoms with Gasteiger partial charge in [0.25, 0.3) is 0 Å². The van der Waals surface area contributed by atoms with Crippen LogP contribution in [0, 0.1) is 6.92 Å². The predicted octanol–water partition coefficient (Wildman–Crippen LogP) is 4.74. The maximum Gasteiger partial charge on any atom is 0.417 e. The van der Waals surface area contributed by atoms with Crippen LogP contribution >= 0.6 is 0 Å². The van der Waals surface area contributed by atoms with Gasteiger partial charge in [0.05, 0.1) is 7.11 Å². The van der Waals surface area contributed by atoms with Gasteiger partial charge in [-0.3, -0.25) is 5.32 Å². The lowest BCUT2D eigenvalue weighted by Crippen LogP contribution is -2.17. The molecule has 0 aliphatic rings. The Morgan fingerprint density at radius 1 is 1.14 bits per heavy atom. The first-order chi connectivity index (χ1) is 10.5. The Morgan fingerprint density at radius 2 is 1.91 bits per heavy atom. The van der Waals surface area contributed by atoms with Crippen molar-refractivity contribution in [1.82, 2.24) is 0 Å². The third kappa shape index (κ3) is 4.01. The predicted molar refractivity (Wildman–Crippen MR) is 87.9 cm³/mol. The normalized spacial score (nSPS) is 10.4. The zero-order valence-electron chi connectivity index (χ0n) is 13.3. The van der Waals surface area contributed by atoms with Crippen LogP contribution in [0.15, 0.2) is 42.5 Å². The lowest BCUT2D eigenvalue weighted by atomic mass is 10.0. The zero-order valence-corrected chi connectivity index (χ0v) is 13.3. The highest BCUT2D eigenvalue weighted by Gasteiger charge is 2.10. The van der Waals surface area contributed by atoms with E-state index >= 15 is 0 Å². The van der Waals surface area contributed by atoms with E-state index < -0.39 is 6.09 Å². The van der Waals surface area contributed by atoms with Crippen LogP contribution in [0.1, 0.15) is 30.9 Å². The highest BCUT2D eigenvalue weighted by molar-refractivity contribution is 5.86. The summed E-state index contributed by atoms with van der Waals surface area (Å²) in [5.41, 5.74) is 2.68. The molecule has 2 aromatic rings. The highest BCUT2D eigenvalue weighted by Crippen LogP contribution is 2.25. The fraction of sp³-hybridized carbons (Fsp3) is 0.278. The van der Waals surface area contributed by atoms with Crippen LogP contribution in [-0.2, 0) is 0 Å². The highest BCUT2D eigenvalue weighted by atomic mass is 16.6. The third-order valence-corrected chi connectivity index (χ3v) is 3.40. The summed E-state index contributed by atoms with van der Waals surface area (Å²) in [6.45, 7) is 6.12. The number of benzene rings is 2. The molecule has 0 heterocycles. The number of rotatable bonds is 4. The monoisotopic (exact) mass is 299 g/mol. The first-order valence-corrected chi connectivity index (χ1v) is 7.23. The number of hydrogen-bond acceptors (Lipinski definition) is 3. The summed E-state index contributed by atoms with van der Waals surface area (Å²) in [5, 5.41) is 2.70. The van der Waals surface area contributed by atoms with Crippen LogP contribution in [-0.4, -0.2) is 13.2 Å². The minimum Gasteiger partial charge on any atom is -0.497 e. The summed E-state index contributed by atoms with van der Waals surface area (Å²) in [6.07, 6.45) is -0.516. The number of ether oxygens (including phenoxy) is 2. The van der Waals surface area contributed by atoms with Crippen LogP contribution < -0.4 is 14.8 Å². The summed E-state index contributed by atoms with van der Waals surface area (Å²) >= 11 is 0. The number of amides is 1. The Balaban J connectivity index is 2.10. The van der Waals surface area contributed by atoms with Crippen molar-refractivity contribution in [2.24, 2.45) is 0 Å². The molecule has 0 saturated carbocycles. The minimum atomic E-state index is -0.516. The average molecular weight is 299 g/mol. The number of aryl methyl sites for hydroxylation is 1. The molecule has 4 heteroatoms. The van der Waals surface area contributed by atoms with E-state index in [1.807, 2.05) is 31.2 Å². The van der Waals surface area contributed by atoms with E-state index in [-0.39, 0.29) is 0 Å². The van der Waals surface area contributed by atoms with Gasteiger partial charge in [-0.25, -0.2) is 4.79 Å². The molecule has 0 fully saturated rings. The number of hydrogen-bond donors (Lipinski definition) is 1. The maximum absolute atomic E-state index is 12.0. The van der Waals surface area contributed by atoms with Gasteiger partial charge in [-0.2, -0.15) is 0 Å². The number of methoxy groups -OCH3 is 1. The number of nitrogens with one attached hydrogen (secondary N) is 1. The van der Waals surface area contributed by atoms with Gasteiger partial charge in [0.2, 0.25) is 0 Å². The van der Waals surface area contributed by atoms with Gasteiger partial charge >= 0.3 is 6.09 Å². The Labute approximate surface area is 131 Å². The molecular weight excluding hydrogens is 278 g/mol. The fourth-order valence-corrected chi connectivity index (χ4v) is 2.03. The molecule has 22 heavy (non-hydrogen) atoms. The van der Waals surface area contributed by atoms with E-state index in [4.69, 9.17) is 9.47 Å². The fourth-order valence-electron chi connectivity index (χ4n) is 2.03. The molecule has 0 spiro atoms. The van der Waals surface area contributed by atoms with Crippen molar-refractivity contribution in [1.29, 1.82) is 0 Å². The Bertz CT molecular complexity index is 665. The number of carbonyl (C=O) groups excluding carboxylic acids is 1. The van der Waals surface area contributed by atoms with Crippen LogP contribution in [0.4, 0.5) is 10.5 Å². The Kier molecular flexibility index (Phi) is 5.04. The molecule has 1 amide bonds. The van der Waals surface area contributed by atoms with Crippen molar-refractivity contribution in [3.63, 3.8) is 0 Å². The van der Waals surface area contributed by atoms with Crippen molar-refractivity contribution < 1.29 is 14.3 Å². The lowest BCUT2D eigenvalue weighted by molar-refractivity contribution is 0.215. The summed E-state index contributed by atoms with van der Waals surface area (Å²) in [6, 6.07) is 13.0. The van der Waals surface area contributed by atoms with Crippen LogP contribution in [0.25, 0.3) is 0 Å². The second kappa shape index (κ2) is 6.98.